The lowest BCUT2D eigenvalue weighted by atomic mass is 9.92. The van der Waals surface area contributed by atoms with Gasteiger partial charge in [0.25, 0.3) is 0 Å². The molecule has 0 atom stereocenters. The molecule has 8 nitrogen and oxygen atoms in total. The van der Waals surface area contributed by atoms with Crippen LogP contribution in [0.5, 0.6) is 0 Å². The number of hydrogen-bond donors (Lipinski definition) is 3. The van der Waals surface area contributed by atoms with Crippen LogP contribution in [0.2, 0.25) is 0 Å². The van der Waals surface area contributed by atoms with Gasteiger partial charge < -0.3 is 5.11 Å². The Kier molecular flexibility index (Phi) is 5.18. The summed E-state index contributed by atoms with van der Waals surface area (Å²) in [7, 11) is 0. The average molecular weight is 366 g/mol. The van der Waals surface area contributed by atoms with E-state index in [-0.39, 0.29) is 12.0 Å². The highest BCUT2D eigenvalue weighted by Gasteiger charge is 2.21. The van der Waals surface area contributed by atoms with Crippen LogP contribution in [0.4, 0.5) is 16.4 Å². The van der Waals surface area contributed by atoms with Crippen LogP contribution in [0.3, 0.4) is 0 Å². The SMILES string of the molecule is CC(C)(C)c1cc(NC(=O)Nc2ccncn2)n(-c2ccc(CO)cc2)n1. The maximum atomic E-state index is 12.4. The fraction of sp³-hybridized carbons (Fsp3) is 0.263. The Morgan fingerprint density at radius 2 is 1.89 bits per heavy atom. The van der Waals surface area contributed by atoms with Gasteiger partial charge in [0.05, 0.1) is 18.0 Å². The fourth-order valence-electron chi connectivity index (χ4n) is 2.40. The van der Waals surface area contributed by atoms with Crippen LogP contribution in [0.15, 0.2) is 48.9 Å². The Hall–Kier alpha value is -3.26. The zero-order valence-corrected chi connectivity index (χ0v) is 15.5. The first-order valence-electron chi connectivity index (χ1n) is 8.51. The van der Waals surface area contributed by atoms with Crippen molar-refractivity contribution in [2.24, 2.45) is 0 Å². The van der Waals surface area contributed by atoms with Gasteiger partial charge in [0.1, 0.15) is 18.0 Å². The number of amides is 2. The Balaban J connectivity index is 1.90. The minimum absolute atomic E-state index is 0.0287. The van der Waals surface area contributed by atoms with Crippen molar-refractivity contribution in [1.82, 2.24) is 19.7 Å². The van der Waals surface area contributed by atoms with Crippen LogP contribution in [0.25, 0.3) is 5.69 Å². The molecule has 3 rings (SSSR count). The first-order valence-corrected chi connectivity index (χ1v) is 8.51. The number of benzene rings is 1. The Bertz CT molecular complexity index is 914. The maximum Gasteiger partial charge on any atom is 0.326 e. The van der Waals surface area contributed by atoms with E-state index < -0.39 is 6.03 Å². The molecule has 140 valence electrons. The van der Waals surface area contributed by atoms with Crippen LogP contribution in [-0.2, 0) is 12.0 Å². The number of aliphatic hydroxyl groups is 1. The normalized spacial score (nSPS) is 11.3. The van der Waals surface area contributed by atoms with Crippen LogP contribution in [-0.4, -0.2) is 30.9 Å². The maximum absolute atomic E-state index is 12.4. The summed E-state index contributed by atoms with van der Waals surface area (Å²) in [4.78, 5) is 20.2. The lowest BCUT2D eigenvalue weighted by molar-refractivity contribution is 0.262. The molecule has 0 aliphatic carbocycles. The Morgan fingerprint density at radius 1 is 1.15 bits per heavy atom. The third-order valence-electron chi connectivity index (χ3n) is 3.91. The number of nitrogens with one attached hydrogen (secondary N) is 2. The van der Waals surface area contributed by atoms with Gasteiger partial charge in [-0.3, -0.25) is 10.6 Å². The van der Waals surface area contributed by atoms with Crippen molar-refractivity contribution in [3.8, 4) is 5.69 Å². The molecule has 0 aliphatic rings. The van der Waals surface area contributed by atoms with Crippen molar-refractivity contribution in [1.29, 1.82) is 0 Å². The van der Waals surface area contributed by atoms with Crippen molar-refractivity contribution in [3.05, 3.63) is 60.2 Å². The molecule has 0 radical (unpaired) electrons. The van der Waals surface area contributed by atoms with Crippen molar-refractivity contribution < 1.29 is 9.90 Å². The molecular formula is C19H22N6O2. The molecule has 3 aromatic rings. The standard InChI is InChI=1S/C19H22N6O2/c1-19(2,3)15-10-17(23-18(27)22-16-8-9-20-12-21-16)25(24-15)14-6-4-13(11-26)5-7-14/h4-10,12,26H,11H2,1-3H3,(H2,20,21,22,23,27). The first kappa shape index (κ1) is 18.5. The van der Waals surface area contributed by atoms with E-state index >= 15 is 0 Å². The van der Waals surface area contributed by atoms with Gasteiger partial charge in [-0.2, -0.15) is 5.10 Å². The molecule has 2 aromatic heterocycles. The number of nitrogens with zero attached hydrogens (tertiary/aromatic N) is 4. The summed E-state index contributed by atoms with van der Waals surface area (Å²) in [5.74, 6) is 0.931. The molecule has 0 unspecified atom stereocenters. The quantitative estimate of drug-likeness (QED) is 0.658. The summed E-state index contributed by atoms with van der Waals surface area (Å²) in [5.41, 5.74) is 2.24. The molecule has 0 fully saturated rings. The summed E-state index contributed by atoms with van der Waals surface area (Å²) in [6.45, 7) is 6.14. The number of aliphatic hydroxyl groups excluding tert-OH is 1. The zero-order chi connectivity index (χ0) is 19.4. The zero-order valence-electron chi connectivity index (χ0n) is 15.5. The molecule has 0 saturated carbocycles. The summed E-state index contributed by atoms with van der Waals surface area (Å²) < 4.78 is 1.67. The third-order valence-corrected chi connectivity index (χ3v) is 3.91. The Labute approximate surface area is 157 Å². The number of aromatic nitrogens is 4. The molecule has 8 heteroatoms. The monoisotopic (exact) mass is 366 g/mol. The second-order valence-corrected chi connectivity index (χ2v) is 7.07. The van der Waals surface area contributed by atoms with Crippen LogP contribution < -0.4 is 10.6 Å². The molecule has 0 spiro atoms. The molecule has 0 bridgehead atoms. The number of hydrogen-bond acceptors (Lipinski definition) is 5. The van der Waals surface area contributed by atoms with Gasteiger partial charge in [-0.1, -0.05) is 32.9 Å². The molecule has 27 heavy (non-hydrogen) atoms. The summed E-state index contributed by atoms with van der Waals surface area (Å²) >= 11 is 0. The van der Waals surface area contributed by atoms with Crippen LogP contribution in [0.1, 0.15) is 32.0 Å². The van der Waals surface area contributed by atoms with E-state index in [1.54, 1.807) is 16.9 Å². The van der Waals surface area contributed by atoms with E-state index in [4.69, 9.17) is 0 Å². The fourth-order valence-corrected chi connectivity index (χ4v) is 2.40. The number of rotatable bonds is 4. The number of urea groups is 1. The lowest BCUT2D eigenvalue weighted by Crippen LogP contribution is -2.21. The van der Waals surface area contributed by atoms with Gasteiger partial charge in [0, 0.05) is 17.7 Å². The number of anilines is 2. The van der Waals surface area contributed by atoms with Crippen LogP contribution in [0, 0.1) is 0 Å². The van der Waals surface area contributed by atoms with Gasteiger partial charge in [-0.15, -0.1) is 0 Å². The molecule has 0 aliphatic heterocycles. The predicted molar refractivity (Wildman–Crippen MR) is 103 cm³/mol. The van der Waals surface area contributed by atoms with Crippen molar-refractivity contribution in [3.63, 3.8) is 0 Å². The average Bonchev–Trinajstić information content (AvgIpc) is 3.06. The van der Waals surface area contributed by atoms with Gasteiger partial charge in [-0.05, 0) is 23.8 Å². The van der Waals surface area contributed by atoms with E-state index in [1.165, 1.54) is 6.33 Å². The number of carbonyl (C=O) groups is 1. The lowest BCUT2D eigenvalue weighted by Gasteiger charge is -2.14. The molecule has 0 saturated heterocycles. The largest absolute Gasteiger partial charge is 0.392 e. The molecule has 2 heterocycles. The second kappa shape index (κ2) is 7.55. The summed E-state index contributed by atoms with van der Waals surface area (Å²) in [6, 6.07) is 10.3. The van der Waals surface area contributed by atoms with Gasteiger partial charge in [0.2, 0.25) is 0 Å². The second-order valence-electron chi connectivity index (χ2n) is 7.07. The van der Waals surface area contributed by atoms with Crippen molar-refractivity contribution in [2.45, 2.75) is 32.8 Å². The van der Waals surface area contributed by atoms with E-state index in [9.17, 15) is 9.90 Å². The van der Waals surface area contributed by atoms with Crippen molar-refractivity contribution >= 4 is 17.7 Å². The van der Waals surface area contributed by atoms with Crippen molar-refractivity contribution in [2.75, 3.05) is 10.6 Å². The van der Waals surface area contributed by atoms with Gasteiger partial charge in [-0.25, -0.2) is 19.4 Å². The Morgan fingerprint density at radius 3 is 2.48 bits per heavy atom. The van der Waals surface area contributed by atoms with Gasteiger partial charge in [0.15, 0.2) is 0 Å². The van der Waals surface area contributed by atoms with E-state index in [2.05, 4.69) is 46.5 Å². The predicted octanol–water partition coefficient (Wildman–Crippen LogP) is 3.10. The number of carbonyl (C=O) groups excluding carboxylic acids is 1. The highest BCUT2D eigenvalue weighted by molar-refractivity contribution is 5.98. The third kappa shape index (κ3) is 4.48. The molecule has 3 N–H and O–H groups in total. The molecule has 2 amide bonds. The first-order chi connectivity index (χ1) is 12.9. The van der Waals surface area contributed by atoms with Crippen LogP contribution >= 0.6 is 0 Å². The highest BCUT2D eigenvalue weighted by Crippen LogP contribution is 2.26. The van der Waals surface area contributed by atoms with Gasteiger partial charge >= 0.3 is 6.03 Å². The topological polar surface area (TPSA) is 105 Å². The summed E-state index contributed by atoms with van der Waals surface area (Å²) in [5, 5.41) is 19.4. The highest BCUT2D eigenvalue weighted by atomic mass is 16.3. The summed E-state index contributed by atoms with van der Waals surface area (Å²) in [6.07, 6.45) is 2.91. The van der Waals surface area contributed by atoms with E-state index in [1.807, 2.05) is 30.3 Å². The molecule has 1 aromatic carbocycles. The molecular weight excluding hydrogens is 344 g/mol. The minimum Gasteiger partial charge on any atom is -0.392 e. The minimum atomic E-state index is -0.428. The van der Waals surface area contributed by atoms with E-state index in [0.717, 1.165) is 16.9 Å². The smallest absolute Gasteiger partial charge is 0.326 e. The van der Waals surface area contributed by atoms with E-state index in [0.29, 0.717) is 11.6 Å².